The number of rotatable bonds is 6. The molecule has 1 unspecified atom stereocenters. The smallest absolute Gasteiger partial charge is 0.220 e. The van der Waals surface area contributed by atoms with Gasteiger partial charge in [0, 0.05) is 13.0 Å². The second kappa shape index (κ2) is 8.94. The minimum atomic E-state index is 0.175. The van der Waals surface area contributed by atoms with E-state index in [0.717, 1.165) is 26.1 Å². The predicted molar refractivity (Wildman–Crippen MR) is 91.9 cm³/mol. The molecule has 1 aromatic rings. The molecular weight excluding hydrogens is 272 g/mol. The highest BCUT2D eigenvalue weighted by molar-refractivity contribution is 5.75. The van der Waals surface area contributed by atoms with Crippen LogP contribution in [0.25, 0.3) is 0 Å². The standard InChI is InChI=1S/C19H30N2O/c1-3-8-19(22)20-15-18(17-11-9-16(2)10-12-17)21-13-6-4-5-7-14-21/h9-12,18H,3-8,13-15H2,1-2H3,(H,20,22). The van der Waals surface area contributed by atoms with E-state index in [-0.39, 0.29) is 5.91 Å². The van der Waals surface area contributed by atoms with Crippen molar-refractivity contribution in [1.29, 1.82) is 0 Å². The highest BCUT2D eigenvalue weighted by atomic mass is 16.1. The molecule has 1 aliphatic heterocycles. The average Bonchev–Trinajstić information content (AvgIpc) is 2.79. The van der Waals surface area contributed by atoms with Crippen LogP contribution >= 0.6 is 0 Å². The summed E-state index contributed by atoms with van der Waals surface area (Å²) in [5.41, 5.74) is 2.61. The zero-order valence-electron chi connectivity index (χ0n) is 14.1. The lowest BCUT2D eigenvalue weighted by Crippen LogP contribution is -2.38. The lowest BCUT2D eigenvalue weighted by molar-refractivity contribution is -0.121. The predicted octanol–water partition coefficient (Wildman–Crippen LogP) is 3.83. The molecule has 0 bridgehead atoms. The Kier molecular flexibility index (Phi) is 6.91. The molecule has 0 aliphatic carbocycles. The molecule has 1 saturated heterocycles. The van der Waals surface area contributed by atoms with Gasteiger partial charge in [-0.05, 0) is 44.8 Å². The van der Waals surface area contributed by atoms with Crippen LogP contribution in [0.1, 0.15) is 62.6 Å². The Bertz CT molecular complexity index is 447. The highest BCUT2D eigenvalue weighted by Crippen LogP contribution is 2.24. The summed E-state index contributed by atoms with van der Waals surface area (Å²) >= 11 is 0. The highest BCUT2D eigenvalue weighted by Gasteiger charge is 2.21. The minimum absolute atomic E-state index is 0.175. The van der Waals surface area contributed by atoms with Crippen LogP contribution in [0.3, 0.4) is 0 Å². The summed E-state index contributed by atoms with van der Waals surface area (Å²) in [5, 5.41) is 3.13. The normalized spacial score (nSPS) is 17.7. The summed E-state index contributed by atoms with van der Waals surface area (Å²) in [7, 11) is 0. The van der Waals surface area contributed by atoms with Crippen LogP contribution in [-0.4, -0.2) is 30.4 Å². The van der Waals surface area contributed by atoms with Crippen molar-refractivity contribution < 1.29 is 4.79 Å². The van der Waals surface area contributed by atoms with E-state index >= 15 is 0 Å². The van der Waals surface area contributed by atoms with Gasteiger partial charge in [-0.1, -0.05) is 49.6 Å². The van der Waals surface area contributed by atoms with Crippen LogP contribution in [0.15, 0.2) is 24.3 Å². The molecule has 0 saturated carbocycles. The number of benzene rings is 1. The number of hydrogen-bond acceptors (Lipinski definition) is 2. The van der Waals surface area contributed by atoms with Crippen molar-refractivity contribution in [2.24, 2.45) is 0 Å². The first-order valence-corrected chi connectivity index (χ1v) is 8.78. The van der Waals surface area contributed by atoms with Crippen molar-refractivity contribution in [3.63, 3.8) is 0 Å². The monoisotopic (exact) mass is 302 g/mol. The fourth-order valence-corrected chi connectivity index (χ4v) is 3.18. The van der Waals surface area contributed by atoms with Crippen molar-refractivity contribution in [2.75, 3.05) is 19.6 Å². The first-order valence-electron chi connectivity index (χ1n) is 8.78. The van der Waals surface area contributed by atoms with Gasteiger partial charge in [-0.2, -0.15) is 0 Å². The van der Waals surface area contributed by atoms with E-state index in [0.29, 0.717) is 12.5 Å². The Hall–Kier alpha value is -1.35. The molecule has 3 heteroatoms. The fraction of sp³-hybridized carbons (Fsp3) is 0.632. The zero-order chi connectivity index (χ0) is 15.8. The van der Waals surface area contributed by atoms with Gasteiger partial charge >= 0.3 is 0 Å². The van der Waals surface area contributed by atoms with Gasteiger partial charge in [-0.15, -0.1) is 0 Å². The maximum atomic E-state index is 11.9. The van der Waals surface area contributed by atoms with Gasteiger partial charge in [0.25, 0.3) is 0 Å². The number of carbonyl (C=O) groups excluding carboxylic acids is 1. The lowest BCUT2D eigenvalue weighted by Gasteiger charge is -2.31. The van der Waals surface area contributed by atoms with Gasteiger partial charge in [0.2, 0.25) is 5.91 Å². The summed E-state index contributed by atoms with van der Waals surface area (Å²) < 4.78 is 0. The Morgan fingerprint density at radius 1 is 1.14 bits per heavy atom. The van der Waals surface area contributed by atoms with Crippen LogP contribution in [0.4, 0.5) is 0 Å². The number of nitrogens with one attached hydrogen (secondary N) is 1. The molecule has 1 atom stereocenters. The van der Waals surface area contributed by atoms with E-state index in [1.807, 2.05) is 6.92 Å². The number of hydrogen-bond donors (Lipinski definition) is 1. The number of aryl methyl sites for hydroxylation is 1. The molecule has 1 fully saturated rings. The second-order valence-corrected chi connectivity index (χ2v) is 6.43. The summed E-state index contributed by atoms with van der Waals surface area (Å²) in [6, 6.07) is 9.09. The van der Waals surface area contributed by atoms with E-state index in [9.17, 15) is 4.79 Å². The van der Waals surface area contributed by atoms with Gasteiger partial charge in [0.1, 0.15) is 0 Å². The number of nitrogens with zero attached hydrogens (tertiary/aromatic N) is 1. The third-order valence-corrected chi connectivity index (χ3v) is 4.51. The van der Waals surface area contributed by atoms with Gasteiger partial charge in [0.05, 0.1) is 6.04 Å². The Morgan fingerprint density at radius 3 is 2.36 bits per heavy atom. The largest absolute Gasteiger partial charge is 0.354 e. The van der Waals surface area contributed by atoms with Gasteiger partial charge in [0.15, 0.2) is 0 Å². The van der Waals surface area contributed by atoms with E-state index in [2.05, 4.69) is 41.4 Å². The molecule has 22 heavy (non-hydrogen) atoms. The number of amides is 1. The first-order chi connectivity index (χ1) is 10.7. The Balaban J connectivity index is 2.08. The van der Waals surface area contributed by atoms with Crippen LogP contribution in [0, 0.1) is 6.92 Å². The zero-order valence-corrected chi connectivity index (χ0v) is 14.1. The molecule has 2 rings (SSSR count). The van der Waals surface area contributed by atoms with E-state index in [4.69, 9.17) is 0 Å². The van der Waals surface area contributed by atoms with Gasteiger partial charge in [-0.25, -0.2) is 0 Å². The third-order valence-electron chi connectivity index (χ3n) is 4.51. The molecule has 1 N–H and O–H groups in total. The summed E-state index contributed by atoms with van der Waals surface area (Å²) in [5.74, 6) is 0.175. The SMILES string of the molecule is CCCC(=O)NCC(c1ccc(C)cc1)N1CCCCCC1. The average molecular weight is 302 g/mol. The van der Waals surface area contributed by atoms with Crippen molar-refractivity contribution in [2.45, 2.75) is 58.4 Å². The molecule has 1 aliphatic rings. The topological polar surface area (TPSA) is 32.3 Å². The molecule has 1 aromatic carbocycles. The van der Waals surface area contributed by atoms with E-state index in [1.54, 1.807) is 0 Å². The van der Waals surface area contributed by atoms with Crippen molar-refractivity contribution in [3.8, 4) is 0 Å². The molecule has 122 valence electrons. The van der Waals surface area contributed by atoms with Crippen molar-refractivity contribution >= 4 is 5.91 Å². The molecule has 0 radical (unpaired) electrons. The minimum Gasteiger partial charge on any atom is -0.354 e. The van der Waals surface area contributed by atoms with Crippen LogP contribution in [-0.2, 0) is 4.79 Å². The van der Waals surface area contributed by atoms with Gasteiger partial charge in [-0.3, -0.25) is 9.69 Å². The Labute approximate surface area is 135 Å². The molecule has 3 nitrogen and oxygen atoms in total. The van der Waals surface area contributed by atoms with E-state index in [1.165, 1.54) is 36.8 Å². The molecule has 1 amide bonds. The van der Waals surface area contributed by atoms with Crippen LogP contribution in [0.5, 0.6) is 0 Å². The van der Waals surface area contributed by atoms with Crippen molar-refractivity contribution in [3.05, 3.63) is 35.4 Å². The third kappa shape index (κ3) is 5.13. The lowest BCUT2D eigenvalue weighted by atomic mass is 10.0. The number of carbonyl (C=O) groups is 1. The van der Waals surface area contributed by atoms with Gasteiger partial charge < -0.3 is 5.32 Å². The van der Waals surface area contributed by atoms with E-state index < -0.39 is 0 Å². The first kappa shape index (κ1) is 17.0. The summed E-state index contributed by atoms with van der Waals surface area (Å²) in [6.45, 7) is 7.17. The maximum Gasteiger partial charge on any atom is 0.220 e. The molecular formula is C19H30N2O. The molecule has 0 aromatic heterocycles. The second-order valence-electron chi connectivity index (χ2n) is 6.43. The number of likely N-dealkylation sites (tertiary alicyclic amines) is 1. The molecule has 0 spiro atoms. The van der Waals surface area contributed by atoms with Crippen LogP contribution < -0.4 is 5.32 Å². The summed E-state index contributed by atoms with van der Waals surface area (Å²) in [4.78, 5) is 14.4. The quantitative estimate of drug-likeness (QED) is 0.866. The van der Waals surface area contributed by atoms with Crippen molar-refractivity contribution in [1.82, 2.24) is 10.2 Å². The maximum absolute atomic E-state index is 11.9. The molecule has 1 heterocycles. The summed E-state index contributed by atoms with van der Waals surface area (Å²) in [6.07, 6.45) is 6.74. The van der Waals surface area contributed by atoms with Crippen LogP contribution in [0.2, 0.25) is 0 Å². The fourth-order valence-electron chi connectivity index (χ4n) is 3.18. The Morgan fingerprint density at radius 2 is 1.77 bits per heavy atom.